The van der Waals surface area contributed by atoms with Crippen molar-refractivity contribution in [1.82, 2.24) is 51.7 Å². The number of carbonyl (C=O) groups is 11. The standard InChI is InChI=1S/C77H116N10O26/c1-10-52-53-17-12-13-18-57(53)85-66-54(52)49-87-61(66)47-56-55(69(87)95)50-110-72(98)77(56,11-2)111-71(97)51(3)82-68(94)60-20-16-28-86(60)70(96)59(48-65(91)92)84-64(90)23-31-103-37-43-108-44-38-104-32-25-79-67(93)58(83-63(89)22-30-102-36-42-109-46-40-106-34-27-81-74(100)113-76(7,8)9)19-14-15-24-78-62(88)21-29-101-35-41-107-45-39-105-33-26-80-73(99)112-75(4,5)6/h12-13,17-18,47,51,58-60H,10-11,14-16,19-46,48-50H2,1-9H3,(H,78,88)(H,79,93)(H,80,99)(H,81,100)(H,82,94)(H,83,89)(H,84,90)(H,91,92)/t51-,58-,59-,60-,77-/m0/s1. The van der Waals surface area contributed by atoms with Crippen molar-refractivity contribution in [2.75, 3.05) is 152 Å². The average molecular weight is 1600 g/mol. The number of aryl methyl sites for hydroxylation is 1. The van der Waals surface area contributed by atoms with E-state index in [2.05, 4.69) is 37.2 Å². The van der Waals surface area contributed by atoms with Gasteiger partial charge in [-0.1, -0.05) is 32.0 Å². The van der Waals surface area contributed by atoms with Crippen LogP contribution >= 0.6 is 0 Å². The van der Waals surface area contributed by atoms with E-state index >= 15 is 0 Å². The number of carbonyl (C=O) groups excluding carboxylic acids is 10. The molecule has 3 aromatic rings. The molecule has 36 heteroatoms. The van der Waals surface area contributed by atoms with Crippen LogP contribution in [-0.2, 0) is 130 Å². The van der Waals surface area contributed by atoms with E-state index in [4.69, 9.17) is 66.6 Å². The third-order valence-electron chi connectivity index (χ3n) is 17.8. The number of ether oxygens (including phenoxy) is 13. The molecule has 8 amide bonds. The van der Waals surface area contributed by atoms with Gasteiger partial charge in [0.2, 0.25) is 41.0 Å². The van der Waals surface area contributed by atoms with Crippen molar-refractivity contribution in [3.63, 3.8) is 0 Å². The molecule has 3 aliphatic heterocycles. The summed E-state index contributed by atoms with van der Waals surface area (Å²) in [5.74, 6) is -6.72. The Morgan fingerprint density at radius 3 is 1.64 bits per heavy atom. The Morgan fingerprint density at radius 1 is 0.611 bits per heavy atom. The lowest BCUT2D eigenvalue weighted by molar-refractivity contribution is -0.190. The summed E-state index contributed by atoms with van der Waals surface area (Å²) in [7, 11) is 0. The SMILES string of the molecule is CCc1c2c(nc3ccccc13)-c1cc3c(c(=O)n1C2)COC(=O)[C@@]3(CC)OC(=O)[C@H](C)NC(=O)[C@@H]1CCCN1C(=O)[C@H](CC(=O)O)NC(=O)CCOCCOCCOCCNC(=O)[C@H](CCCCNC(=O)CCOCCOCCOCCNC(=O)OC(C)(C)C)NC(=O)CCOCCOCCOCCNC(=O)OC(C)(C)C. The summed E-state index contributed by atoms with van der Waals surface area (Å²) in [6.07, 6.45) is 0.236. The molecule has 630 valence electrons. The molecule has 0 saturated carbocycles. The van der Waals surface area contributed by atoms with Crippen molar-refractivity contribution in [2.24, 2.45) is 0 Å². The zero-order valence-electron chi connectivity index (χ0n) is 66.6. The molecule has 113 heavy (non-hydrogen) atoms. The normalized spacial score (nSPS) is 15.8. The van der Waals surface area contributed by atoms with Gasteiger partial charge < -0.3 is 113 Å². The molecule has 0 radical (unpaired) electrons. The van der Waals surface area contributed by atoms with Gasteiger partial charge in [-0.05, 0) is 111 Å². The second kappa shape index (κ2) is 48.3. The molecule has 3 aliphatic rings. The number of nitrogens with one attached hydrogen (secondary N) is 7. The highest BCUT2D eigenvalue weighted by Gasteiger charge is 2.51. The first-order valence-electron chi connectivity index (χ1n) is 38.7. The number of para-hydroxylation sites is 1. The highest BCUT2D eigenvalue weighted by Crippen LogP contribution is 2.42. The van der Waals surface area contributed by atoms with E-state index in [0.717, 1.165) is 26.9 Å². The van der Waals surface area contributed by atoms with E-state index in [9.17, 15) is 62.6 Å². The predicted molar refractivity (Wildman–Crippen MR) is 406 cm³/mol. The van der Waals surface area contributed by atoms with Crippen molar-refractivity contribution < 1.29 is 119 Å². The number of hydrogen-bond donors (Lipinski definition) is 8. The summed E-state index contributed by atoms with van der Waals surface area (Å²) < 4.78 is 73.2. The molecule has 1 fully saturated rings. The summed E-state index contributed by atoms with van der Waals surface area (Å²) in [6, 6.07) is 4.27. The molecule has 36 nitrogen and oxygen atoms in total. The number of alkyl carbamates (subject to hydrolysis) is 2. The number of likely N-dealkylation sites (tertiary alicyclic amines) is 1. The van der Waals surface area contributed by atoms with Crippen LogP contribution < -0.4 is 42.8 Å². The van der Waals surface area contributed by atoms with Crippen molar-refractivity contribution in [3.05, 3.63) is 62.9 Å². The predicted octanol–water partition coefficient (Wildman–Crippen LogP) is 2.90. The molecular weight excluding hydrogens is 1480 g/mol. The van der Waals surface area contributed by atoms with Crippen LogP contribution in [0.25, 0.3) is 22.3 Å². The highest BCUT2D eigenvalue weighted by molar-refractivity contribution is 5.96. The number of nitrogens with zero attached hydrogens (tertiary/aromatic N) is 3. The molecular formula is C77H116N10O26. The zero-order valence-corrected chi connectivity index (χ0v) is 66.6. The number of carboxylic acid groups (broad SMARTS) is 1. The Balaban J connectivity index is 0.853. The van der Waals surface area contributed by atoms with Crippen molar-refractivity contribution >= 4 is 76.4 Å². The van der Waals surface area contributed by atoms with E-state index < -0.39 is 113 Å². The second-order valence-electron chi connectivity index (χ2n) is 28.8. The minimum absolute atomic E-state index is 0.0329. The van der Waals surface area contributed by atoms with Crippen LogP contribution in [0.5, 0.6) is 0 Å². The van der Waals surface area contributed by atoms with Crippen LogP contribution in [-0.4, -0.2) is 272 Å². The summed E-state index contributed by atoms with van der Waals surface area (Å²) in [4.78, 5) is 164. The Kier molecular flexibility index (Phi) is 39.7. The number of cyclic esters (lactones) is 1. The Labute approximate surface area is 658 Å². The minimum Gasteiger partial charge on any atom is -0.481 e. The summed E-state index contributed by atoms with van der Waals surface area (Å²) in [6.45, 7) is 20.0. The number of aliphatic carboxylic acids is 1. The van der Waals surface area contributed by atoms with Gasteiger partial charge >= 0.3 is 30.1 Å². The molecule has 0 aliphatic carbocycles. The van der Waals surface area contributed by atoms with Crippen LogP contribution in [0.1, 0.15) is 149 Å². The fourth-order valence-electron chi connectivity index (χ4n) is 12.3. The maximum atomic E-state index is 14.3. The second-order valence-corrected chi connectivity index (χ2v) is 28.8. The summed E-state index contributed by atoms with van der Waals surface area (Å²) >= 11 is 0. The number of pyridine rings is 2. The Morgan fingerprint density at radius 2 is 1.12 bits per heavy atom. The van der Waals surface area contributed by atoms with Gasteiger partial charge in [0, 0.05) is 68.5 Å². The van der Waals surface area contributed by atoms with Gasteiger partial charge in [-0.25, -0.2) is 24.2 Å². The number of unbranched alkanes of at least 4 members (excludes halogenated alkanes) is 1. The zero-order chi connectivity index (χ0) is 82.4. The van der Waals surface area contributed by atoms with Crippen LogP contribution in [0.2, 0.25) is 0 Å². The number of hydrogen-bond acceptors (Lipinski definition) is 26. The van der Waals surface area contributed by atoms with Gasteiger partial charge in [0.15, 0.2) is 0 Å². The van der Waals surface area contributed by atoms with Gasteiger partial charge in [0.05, 0.1) is 154 Å². The molecule has 1 aromatic carbocycles. The Hall–Kier alpha value is -9.01. The lowest BCUT2D eigenvalue weighted by atomic mass is 9.85. The van der Waals surface area contributed by atoms with E-state index in [1.54, 1.807) is 59.1 Å². The van der Waals surface area contributed by atoms with Crippen molar-refractivity contribution in [1.29, 1.82) is 0 Å². The summed E-state index contributed by atoms with van der Waals surface area (Å²) in [5.41, 5.74) is 0.251. The first-order valence-corrected chi connectivity index (χ1v) is 38.7. The monoisotopic (exact) mass is 1600 g/mol. The third kappa shape index (κ3) is 31.7. The van der Waals surface area contributed by atoms with Gasteiger partial charge in [0.25, 0.3) is 5.56 Å². The smallest absolute Gasteiger partial charge is 0.407 e. The number of esters is 2. The van der Waals surface area contributed by atoms with Crippen LogP contribution in [0.15, 0.2) is 35.1 Å². The number of fused-ring (bicyclic) bond motifs is 5. The van der Waals surface area contributed by atoms with Crippen LogP contribution in [0.3, 0.4) is 0 Å². The quantitative estimate of drug-likeness (QED) is 0.0179. The first-order chi connectivity index (χ1) is 54.1. The average Bonchev–Trinajstić information content (AvgIpc) is 1.62. The molecule has 0 unspecified atom stereocenters. The fraction of sp³-hybridized carbons (Fsp3) is 0.675. The number of benzene rings is 1. The molecule has 5 heterocycles. The number of aromatic nitrogens is 2. The van der Waals surface area contributed by atoms with Crippen LogP contribution in [0.4, 0.5) is 9.59 Å². The largest absolute Gasteiger partial charge is 0.481 e. The van der Waals surface area contributed by atoms with E-state index in [1.165, 1.54) is 6.92 Å². The van der Waals surface area contributed by atoms with Gasteiger partial charge in [0.1, 0.15) is 42.0 Å². The van der Waals surface area contributed by atoms with Crippen molar-refractivity contribution in [2.45, 2.75) is 187 Å². The molecule has 0 bridgehead atoms. The van der Waals surface area contributed by atoms with Gasteiger partial charge in [-0.15, -0.1) is 0 Å². The van der Waals surface area contributed by atoms with E-state index in [0.29, 0.717) is 76.6 Å². The maximum Gasteiger partial charge on any atom is 0.407 e. The van der Waals surface area contributed by atoms with E-state index in [1.807, 2.05) is 31.2 Å². The molecule has 0 spiro atoms. The highest BCUT2D eigenvalue weighted by atomic mass is 16.6. The minimum atomic E-state index is -2.08. The lowest BCUT2D eigenvalue weighted by Gasteiger charge is -2.36. The maximum absolute atomic E-state index is 14.3. The molecule has 5 atom stereocenters. The lowest BCUT2D eigenvalue weighted by Crippen LogP contribution is -2.56. The van der Waals surface area contributed by atoms with Gasteiger partial charge in [-0.2, -0.15) is 0 Å². The number of carboxylic acids is 1. The Bertz CT molecular complexity index is 3690. The van der Waals surface area contributed by atoms with E-state index in [-0.39, 0.29) is 181 Å². The summed E-state index contributed by atoms with van der Waals surface area (Å²) in [5, 5.41) is 29.4. The molecule has 8 N–H and O–H groups in total. The number of amides is 8. The number of rotatable bonds is 53. The first kappa shape index (κ1) is 92.9. The molecule has 6 rings (SSSR count). The van der Waals surface area contributed by atoms with Crippen LogP contribution in [0, 0.1) is 0 Å². The third-order valence-corrected chi connectivity index (χ3v) is 17.8. The van der Waals surface area contributed by atoms with Gasteiger partial charge in [-0.3, -0.25) is 38.4 Å². The molecule has 1 saturated heterocycles. The van der Waals surface area contributed by atoms with Crippen molar-refractivity contribution in [3.8, 4) is 11.4 Å². The fourth-order valence-corrected chi connectivity index (χ4v) is 12.3. The topological polar surface area (TPSA) is 450 Å². The molecule has 2 aromatic heterocycles.